The molecule has 4 nitrogen and oxygen atoms in total. The largest absolute Gasteiger partial charge is 0.353 e. The van der Waals surface area contributed by atoms with Gasteiger partial charge in [0, 0.05) is 27.7 Å². The lowest BCUT2D eigenvalue weighted by Gasteiger charge is -2.08. The van der Waals surface area contributed by atoms with Crippen molar-refractivity contribution in [2.24, 2.45) is 0 Å². The second kappa shape index (κ2) is 9.26. The third-order valence-electron chi connectivity index (χ3n) is 5.70. The molecule has 3 aromatic carbocycles. The third kappa shape index (κ3) is 4.58. The van der Waals surface area contributed by atoms with Crippen molar-refractivity contribution in [3.05, 3.63) is 94.5 Å². The number of aromatic amines is 1. The highest BCUT2D eigenvalue weighted by Crippen LogP contribution is 2.33. The number of para-hydroxylation sites is 2. The number of fused-ring (bicyclic) bond motifs is 2. The molecule has 6 heteroatoms. The fourth-order valence-corrected chi connectivity index (χ4v) is 4.46. The van der Waals surface area contributed by atoms with E-state index >= 15 is 0 Å². The lowest BCUT2D eigenvalue weighted by Crippen LogP contribution is -2.11. The van der Waals surface area contributed by atoms with Gasteiger partial charge in [-0.05, 0) is 60.9 Å². The van der Waals surface area contributed by atoms with Crippen molar-refractivity contribution in [3.63, 3.8) is 0 Å². The maximum absolute atomic E-state index is 12.5. The van der Waals surface area contributed by atoms with Crippen LogP contribution in [0.3, 0.4) is 0 Å². The van der Waals surface area contributed by atoms with Crippen LogP contribution in [0, 0.1) is 0 Å². The van der Waals surface area contributed by atoms with E-state index in [1.807, 2.05) is 54.6 Å². The number of carbonyl (C=O) groups excluding carboxylic acids is 1. The van der Waals surface area contributed by atoms with Gasteiger partial charge in [0.1, 0.15) is 0 Å². The van der Waals surface area contributed by atoms with E-state index in [0.717, 1.165) is 38.8 Å². The zero-order valence-electron chi connectivity index (χ0n) is 17.7. The van der Waals surface area contributed by atoms with Gasteiger partial charge in [-0.3, -0.25) is 4.79 Å². The number of halogens is 2. The van der Waals surface area contributed by atoms with Crippen molar-refractivity contribution in [2.45, 2.75) is 19.3 Å². The van der Waals surface area contributed by atoms with E-state index in [9.17, 15) is 4.79 Å². The number of hydrogen-bond donors (Lipinski definition) is 2. The molecule has 33 heavy (non-hydrogen) atoms. The first-order valence-corrected chi connectivity index (χ1v) is 11.5. The van der Waals surface area contributed by atoms with Gasteiger partial charge >= 0.3 is 0 Å². The number of amides is 1. The van der Waals surface area contributed by atoms with Gasteiger partial charge in [0.25, 0.3) is 0 Å². The molecule has 2 aromatic heterocycles. The molecule has 0 radical (unpaired) electrons. The molecule has 0 fully saturated rings. The van der Waals surface area contributed by atoms with Crippen LogP contribution in [0.25, 0.3) is 33.2 Å². The van der Waals surface area contributed by atoms with Gasteiger partial charge in [-0.1, -0.05) is 59.6 Å². The van der Waals surface area contributed by atoms with E-state index < -0.39 is 0 Å². The molecule has 0 aliphatic carbocycles. The highest BCUT2D eigenvalue weighted by Gasteiger charge is 2.16. The zero-order valence-corrected chi connectivity index (χ0v) is 19.3. The van der Waals surface area contributed by atoms with Crippen LogP contribution in [0.4, 0.5) is 5.69 Å². The van der Waals surface area contributed by atoms with E-state index in [1.165, 1.54) is 0 Å². The number of carbonyl (C=O) groups is 1. The highest BCUT2D eigenvalue weighted by atomic mass is 35.5. The SMILES string of the molecule is O=C(CCCc1c(-c2ccc3ccccc3n2)[nH]c2ccc(Cl)cc12)Nc1ccccc1Cl. The minimum absolute atomic E-state index is 0.0636. The topological polar surface area (TPSA) is 57.8 Å². The Bertz CT molecular complexity index is 1480. The number of H-pyrrole nitrogens is 1. The molecule has 1 amide bonds. The van der Waals surface area contributed by atoms with Gasteiger partial charge < -0.3 is 10.3 Å². The lowest BCUT2D eigenvalue weighted by molar-refractivity contribution is -0.116. The van der Waals surface area contributed by atoms with Crippen LogP contribution in [0.15, 0.2) is 78.9 Å². The summed E-state index contributed by atoms with van der Waals surface area (Å²) in [5.41, 5.74) is 5.52. The molecule has 2 heterocycles. The molecule has 0 bridgehead atoms. The number of nitrogens with zero attached hydrogens (tertiary/aromatic N) is 1. The average molecular weight is 474 g/mol. The Kier molecular flexibility index (Phi) is 6.03. The molecular weight excluding hydrogens is 453 g/mol. The summed E-state index contributed by atoms with van der Waals surface area (Å²) in [5, 5.41) is 6.25. The quantitative estimate of drug-likeness (QED) is 0.266. The number of anilines is 1. The first-order valence-electron chi connectivity index (χ1n) is 10.8. The lowest BCUT2D eigenvalue weighted by atomic mass is 10.0. The van der Waals surface area contributed by atoms with Crippen molar-refractivity contribution in [3.8, 4) is 11.4 Å². The smallest absolute Gasteiger partial charge is 0.224 e. The van der Waals surface area contributed by atoms with Crippen LogP contribution in [0.1, 0.15) is 18.4 Å². The molecule has 0 saturated heterocycles. The van der Waals surface area contributed by atoms with Crippen LogP contribution in [-0.4, -0.2) is 15.9 Å². The van der Waals surface area contributed by atoms with Gasteiger partial charge in [0.2, 0.25) is 5.91 Å². The Morgan fingerprint density at radius 3 is 2.64 bits per heavy atom. The molecular formula is C27H21Cl2N3O. The minimum atomic E-state index is -0.0636. The van der Waals surface area contributed by atoms with Crippen molar-refractivity contribution in [1.29, 1.82) is 0 Å². The van der Waals surface area contributed by atoms with Crippen LogP contribution >= 0.6 is 23.2 Å². The second-order valence-corrected chi connectivity index (χ2v) is 8.78. The summed E-state index contributed by atoms with van der Waals surface area (Å²) in [6.07, 6.45) is 1.76. The summed E-state index contributed by atoms with van der Waals surface area (Å²) in [5.74, 6) is -0.0636. The van der Waals surface area contributed by atoms with Crippen LogP contribution in [0.2, 0.25) is 10.0 Å². The van der Waals surface area contributed by atoms with Crippen LogP contribution < -0.4 is 5.32 Å². The number of aromatic nitrogens is 2. The van der Waals surface area contributed by atoms with Gasteiger partial charge in [0.05, 0.1) is 27.6 Å². The predicted molar refractivity (Wildman–Crippen MR) is 137 cm³/mol. The Morgan fingerprint density at radius 2 is 1.76 bits per heavy atom. The number of pyridine rings is 1. The summed E-state index contributed by atoms with van der Waals surface area (Å²) in [7, 11) is 0. The predicted octanol–water partition coefficient (Wildman–Crippen LogP) is 7.65. The van der Waals surface area contributed by atoms with Gasteiger partial charge in [-0.15, -0.1) is 0 Å². The Hall–Kier alpha value is -3.34. The highest BCUT2D eigenvalue weighted by molar-refractivity contribution is 6.33. The van der Waals surface area contributed by atoms with E-state index in [2.05, 4.69) is 22.4 Å². The van der Waals surface area contributed by atoms with Crippen molar-refractivity contribution >= 4 is 56.6 Å². The molecule has 0 atom stereocenters. The maximum Gasteiger partial charge on any atom is 0.224 e. The first kappa shape index (κ1) is 21.5. The summed E-state index contributed by atoms with van der Waals surface area (Å²) in [6.45, 7) is 0. The zero-order chi connectivity index (χ0) is 22.8. The summed E-state index contributed by atoms with van der Waals surface area (Å²) >= 11 is 12.5. The van der Waals surface area contributed by atoms with E-state index in [4.69, 9.17) is 28.2 Å². The minimum Gasteiger partial charge on any atom is -0.353 e. The van der Waals surface area contributed by atoms with Gasteiger partial charge in [0.15, 0.2) is 0 Å². The maximum atomic E-state index is 12.5. The van der Waals surface area contributed by atoms with E-state index in [-0.39, 0.29) is 5.91 Å². The second-order valence-electron chi connectivity index (χ2n) is 7.94. The fourth-order valence-electron chi connectivity index (χ4n) is 4.10. The summed E-state index contributed by atoms with van der Waals surface area (Å²) in [4.78, 5) is 20.9. The Balaban J connectivity index is 1.42. The fraction of sp³-hybridized carbons (Fsp3) is 0.111. The van der Waals surface area contributed by atoms with Crippen LogP contribution in [0.5, 0.6) is 0 Å². The number of nitrogens with one attached hydrogen (secondary N) is 2. The normalized spacial score (nSPS) is 11.2. The molecule has 0 unspecified atom stereocenters. The molecule has 2 N–H and O–H groups in total. The monoisotopic (exact) mass is 473 g/mol. The molecule has 164 valence electrons. The van der Waals surface area contributed by atoms with E-state index in [1.54, 1.807) is 12.1 Å². The van der Waals surface area contributed by atoms with Crippen molar-refractivity contribution < 1.29 is 4.79 Å². The number of hydrogen-bond acceptors (Lipinski definition) is 2. The Labute approximate surface area is 201 Å². The van der Waals surface area contributed by atoms with Gasteiger partial charge in [-0.2, -0.15) is 0 Å². The molecule has 5 rings (SSSR count). The number of benzene rings is 3. The summed E-state index contributed by atoms with van der Waals surface area (Å²) < 4.78 is 0. The molecule has 0 aliphatic rings. The number of rotatable bonds is 6. The standard InChI is InChI=1S/C27H21Cl2N3O/c28-18-13-15-23-20(16-18)19(7-5-11-26(33)31-24-10-4-2-8-21(24)29)27(32-23)25-14-12-17-6-1-3-9-22(17)30-25/h1-4,6,8-10,12-16,32H,5,7,11H2,(H,31,33). The first-order chi connectivity index (χ1) is 16.1. The average Bonchev–Trinajstić information content (AvgIpc) is 3.18. The molecule has 0 saturated carbocycles. The van der Waals surface area contributed by atoms with Crippen molar-refractivity contribution in [1.82, 2.24) is 9.97 Å². The van der Waals surface area contributed by atoms with E-state index in [0.29, 0.717) is 35.0 Å². The molecule has 0 aliphatic heterocycles. The number of aryl methyl sites for hydroxylation is 1. The van der Waals surface area contributed by atoms with Gasteiger partial charge in [-0.25, -0.2) is 4.98 Å². The summed E-state index contributed by atoms with van der Waals surface area (Å²) in [6, 6.07) is 25.2. The van der Waals surface area contributed by atoms with Crippen molar-refractivity contribution in [2.75, 3.05) is 5.32 Å². The van der Waals surface area contributed by atoms with Crippen LogP contribution in [-0.2, 0) is 11.2 Å². The Morgan fingerprint density at radius 1 is 0.939 bits per heavy atom. The molecule has 0 spiro atoms. The third-order valence-corrected chi connectivity index (χ3v) is 6.27. The molecule has 5 aromatic rings.